The zero-order valence-corrected chi connectivity index (χ0v) is 14.1. The summed E-state index contributed by atoms with van der Waals surface area (Å²) in [6.07, 6.45) is 4.86. The van der Waals surface area contributed by atoms with Crippen molar-refractivity contribution in [1.29, 1.82) is 0 Å². The Morgan fingerprint density at radius 1 is 1.23 bits per heavy atom. The van der Waals surface area contributed by atoms with Gasteiger partial charge in [0.1, 0.15) is 11.6 Å². The van der Waals surface area contributed by atoms with E-state index in [0.717, 1.165) is 29.9 Å². The Balaban J connectivity index is 1.28. The van der Waals surface area contributed by atoms with Crippen LogP contribution in [0.15, 0.2) is 0 Å². The second-order valence-corrected chi connectivity index (χ2v) is 9.31. The Hall–Kier alpha value is -0.950. The van der Waals surface area contributed by atoms with Crippen LogP contribution in [0.4, 0.5) is 0 Å². The molecule has 0 amide bonds. The van der Waals surface area contributed by atoms with Crippen LogP contribution in [0, 0.1) is 31.6 Å². The molecule has 0 radical (unpaired) electrons. The van der Waals surface area contributed by atoms with Crippen molar-refractivity contribution in [3.05, 3.63) is 11.6 Å². The first-order valence-corrected chi connectivity index (χ1v) is 9.92. The van der Waals surface area contributed by atoms with Gasteiger partial charge in [0, 0.05) is 13.1 Å². The summed E-state index contributed by atoms with van der Waals surface area (Å²) < 4.78 is 28.2. The van der Waals surface area contributed by atoms with Gasteiger partial charge >= 0.3 is 0 Å². The van der Waals surface area contributed by atoms with Gasteiger partial charge in [-0.25, -0.2) is 18.1 Å². The van der Waals surface area contributed by atoms with Gasteiger partial charge in [0.05, 0.1) is 11.8 Å². The second kappa shape index (κ2) is 5.03. The highest BCUT2D eigenvalue weighted by Crippen LogP contribution is 2.55. The van der Waals surface area contributed by atoms with Crippen molar-refractivity contribution >= 4 is 10.0 Å². The van der Waals surface area contributed by atoms with E-state index in [2.05, 4.69) is 10.1 Å². The summed E-state index contributed by atoms with van der Waals surface area (Å²) in [6, 6.07) is 0.149. The van der Waals surface area contributed by atoms with Crippen LogP contribution in [0.2, 0.25) is 0 Å². The molecule has 6 nitrogen and oxygen atoms in total. The largest absolute Gasteiger partial charge is 0.244 e. The number of rotatable bonds is 6. The maximum atomic E-state index is 12.4. The van der Waals surface area contributed by atoms with Gasteiger partial charge in [-0.2, -0.15) is 9.40 Å². The van der Waals surface area contributed by atoms with Gasteiger partial charge in [0.2, 0.25) is 10.0 Å². The third kappa shape index (κ3) is 2.69. The van der Waals surface area contributed by atoms with Gasteiger partial charge in [-0.05, 0) is 57.3 Å². The molecule has 1 aliphatic heterocycles. The summed E-state index contributed by atoms with van der Waals surface area (Å²) in [5.41, 5.74) is 0. The van der Waals surface area contributed by atoms with Crippen LogP contribution in [0.5, 0.6) is 0 Å². The zero-order chi connectivity index (χ0) is 15.5. The van der Waals surface area contributed by atoms with Crippen LogP contribution in [-0.2, 0) is 10.0 Å². The van der Waals surface area contributed by atoms with Gasteiger partial charge in [-0.1, -0.05) is 0 Å². The predicted octanol–water partition coefficient (Wildman–Crippen LogP) is 1.52. The minimum Gasteiger partial charge on any atom is -0.244 e. The Morgan fingerprint density at radius 2 is 1.95 bits per heavy atom. The fourth-order valence-electron chi connectivity index (χ4n) is 3.81. The number of nitrogens with zero attached hydrogens (tertiary/aromatic N) is 4. The molecule has 4 rings (SSSR count). The lowest BCUT2D eigenvalue weighted by Gasteiger charge is -2.38. The van der Waals surface area contributed by atoms with E-state index >= 15 is 0 Å². The van der Waals surface area contributed by atoms with E-state index in [0.29, 0.717) is 24.8 Å². The van der Waals surface area contributed by atoms with Crippen molar-refractivity contribution in [1.82, 2.24) is 19.1 Å². The van der Waals surface area contributed by atoms with Crippen LogP contribution in [-0.4, -0.2) is 46.3 Å². The van der Waals surface area contributed by atoms with E-state index in [1.54, 1.807) is 4.31 Å². The average molecular weight is 324 g/mol. The highest BCUT2D eigenvalue weighted by molar-refractivity contribution is 7.89. The molecular formula is C15H24N4O2S. The molecule has 2 aliphatic carbocycles. The van der Waals surface area contributed by atoms with Crippen LogP contribution < -0.4 is 0 Å². The molecule has 0 N–H and O–H groups in total. The van der Waals surface area contributed by atoms with E-state index in [4.69, 9.17) is 0 Å². The number of aromatic nitrogens is 3. The Labute approximate surface area is 132 Å². The molecule has 2 saturated carbocycles. The normalized spacial score (nSPS) is 29.5. The molecule has 0 spiro atoms. The third-order valence-corrected chi connectivity index (χ3v) is 7.26. The molecule has 3 fully saturated rings. The highest BCUT2D eigenvalue weighted by atomic mass is 32.2. The first kappa shape index (κ1) is 14.6. The molecule has 3 aliphatic rings. The summed E-state index contributed by atoms with van der Waals surface area (Å²) in [6.45, 7) is 4.87. The van der Waals surface area contributed by atoms with Crippen molar-refractivity contribution in [2.24, 2.45) is 17.8 Å². The van der Waals surface area contributed by atoms with Gasteiger partial charge in [0.15, 0.2) is 0 Å². The Morgan fingerprint density at radius 3 is 2.55 bits per heavy atom. The van der Waals surface area contributed by atoms with E-state index < -0.39 is 10.0 Å². The topological polar surface area (TPSA) is 68.1 Å². The lowest BCUT2D eigenvalue weighted by Crippen LogP contribution is -2.51. The molecule has 1 aromatic rings. The van der Waals surface area contributed by atoms with Crippen molar-refractivity contribution in [3.63, 3.8) is 0 Å². The first-order chi connectivity index (χ1) is 10.4. The Bertz CT molecular complexity index is 674. The van der Waals surface area contributed by atoms with Crippen LogP contribution >= 0.6 is 0 Å². The summed E-state index contributed by atoms with van der Waals surface area (Å²) in [5.74, 6) is 4.39. The molecule has 7 heteroatoms. The third-order valence-electron chi connectivity index (χ3n) is 5.43. The fourth-order valence-corrected chi connectivity index (χ4v) is 5.47. The van der Waals surface area contributed by atoms with E-state index in [9.17, 15) is 8.42 Å². The molecule has 2 heterocycles. The van der Waals surface area contributed by atoms with Crippen molar-refractivity contribution in [2.45, 2.75) is 45.6 Å². The second-order valence-electron chi connectivity index (χ2n) is 7.22. The molecule has 122 valence electrons. The lowest BCUT2D eigenvalue weighted by atomic mass is 10.2. The Kier molecular flexibility index (Phi) is 3.34. The van der Waals surface area contributed by atoms with E-state index in [-0.39, 0.29) is 6.04 Å². The van der Waals surface area contributed by atoms with Gasteiger partial charge in [-0.3, -0.25) is 0 Å². The minimum absolute atomic E-state index is 0.149. The molecule has 0 bridgehead atoms. The summed E-state index contributed by atoms with van der Waals surface area (Å²) in [5, 5.41) is 4.35. The highest BCUT2D eigenvalue weighted by Gasteiger charge is 2.47. The molecule has 22 heavy (non-hydrogen) atoms. The van der Waals surface area contributed by atoms with Gasteiger partial charge in [0.25, 0.3) is 0 Å². The van der Waals surface area contributed by atoms with E-state index in [1.807, 2.05) is 18.5 Å². The molecule has 1 aromatic heterocycles. The van der Waals surface area contributed by atoms with Crippen LogP contribution in [0.1, 0.15) is 43.4 Å². The number of hydrogen-bond donors (Lipinski definition) is 0. The average Bonchev–Trinajstić information content (AvgIpc) is 3.26. The van der Waals surface area contributed by atoms with Crippen LogP contribution in [0.25, 0.3) is 0 Å². The molecule has 1 saturated heterocycles. The summed E-state index contributed by atoms with van der Waals surface area (Å²) in [7, 11) is -3.08. The van der Waals surface area contributed by atoms with E-state index in [1.165, 1.54) is 19.3 Å². The monoisotopic (exact) mass is 324 g/mol. The first-order valence-electron chi connectivity index (χ1n) is 8.31. The summed E-state index contributed by atoms with van der Waals surface area (Å²) in [4.78, 5) is 4.28. The maximum absolute atomic E-state index is 12.4. The number of hydrogen-bond acceptors (Lipinski definition) is 4. The smallest absolute Gasteiger partial charge is 0.214 e. The standard InChI is InChI=1S/C15H24N4O2S/c1-10-16-11(2)19(17-10)14-8-18(9-14)22(20,21)6-5-13-7-15(13)12-3-4-12/h12-15H,3-9H2,1-2H3/t13-,15+/m0/s1. The predicted molar refractivity (Wildman–Crippen MR) is 82.8 cm³/mol. The van der Waals surface area contributed by atoms with Gasteiger partial charge in [-0.15, -0.1) is 0 Å². The lowest BCUT2D eigenvalue weighted by molar-refractivity contribution is 0.188. The quantitative estimate of drug-likeness (QED) is 0.795. The van der Waals surface area contributed by atoms with Crippen molar-refractivity contribution < 1.29 is 8.42 Å². The van der Waals surface area contributed by atoms with Crippen molar-refractivity contribution in [3.8, 4) is 0 Å². The molecular weight excluding hydrogens is 300 g/mol. The summed E-state index contributed by atoms with van der Waals surface area (Å²) >= 11 is 0. The number of aryl methyl sites for hydroxylation is 2. The SMILES string of the molecule is Cc1nc(C)n(C2CN(S(=O)(=O)CC[C@H]3C[C@@H]3C3CC3)C2)n1. The fraction of sp³-hybridized carbons (Fsp3) is 0.867. The van der Waals surface area contributed by atoms with Gasteiger partial charge < -0.3 is 0 Å². The van der Waals surface area contributed by atoms with Crippen molar-refractivity contribution in [2.75, 3.05) is 18.8 Å². The molecule has 0 aromatic carbocycles. The zero-order valence-electron chi connectivity index (χ0n) is 13.3. The maximum Gasteiger partial charge on any atom is 0.214 e. The molecule has 0 unspecified atom stereocenters. The minimum atomic E-state index is -3.08. The molecule has 2 atom stereocenters. The van der Waals surface area contributed by atoms with Crippen LogP contribution in [0.3, 0.4) is 0 Å². The number of sulfonamides is 1.